The Balaban J connectivity index is 1.80. The molecule has 3 heterocycles. The van der Waals surface area contributed by atoms with Gasteiger partial charge in [0.1, 0.15) is 0 Å². The fraction of sp³-hybridized carbons (Fsp3) is 0.588. The Labute approximate surface area is 148 Å². The van der Waals surface area contributed by atoms with Gasteiger partial charge in [0.25, 0.3) is 10.0 Å². The minimum atomic E-state index is -3.66. The van der Waals surface area contributed by atoms with Crippen molar-refractivity contribution in [2.45, 2.75) is 50.2 Å². The van der Waals surface area contributed by atoms with Crippen LogP contribution >= 0.6 is 0 Å². The summed E-state index contributed by atoms with van der Waals surface area (Å²) in [6.45, 7) is 2.96. The molecule has 8 heteroatoms. The Morgan fingerprint density at radius 3 is 2.88 bits per heavy atom. The highest BCUT2D eigenvalue weighted by molar-refractivity contribution is 7.89. The fourth-order valence-corrected chi connectivity index (χ4v) is 4.87. The first kappa shape index (κ1) is 18.2. The van der Waals surface area contributed by atoms with Crippen LogP contribution in [0.25, 0.3) is 11.5 Å². The van der Waals surface area contributed by atoms with Gasteiger partial charge in [-0.15, -0.1) is 0 Å². The van der Waals surface area contributed by atoms with E-state index in [2.05, 4.69) is 5.16 Å². The third-order valence-corrected chi connectivity index (χ3v) is 6.30. The second kappa shape index (κ2) is 7.72. The first-order valence-electron chi connectivity index (χ1n) is 8.56. The number of ether oxygens (including phenoxy) is 1. The molecule has 1 aliphatic heterocycles. The summed E-state index contributed by atoms with van der Waals surface area (Å²) in [6.07, 6.45) is 4.42. The smallest absolute Gasteiger partial charge is 0.276 e. The van der Waals surface area contributed by atoms with Gasteiger partial charge in [0.2, 0.25) is 10.9 Å². The molecule has 0 radical (unpaired) electrons. The standard InChI is InChI=1S/C17H24N2O5S/c1-13-12-16(24-18-13)15-8-9-17(23-15)25(20,21)19-10-4-3-6-14(19)7-5-11-22-2/h8-9,12,14H,3-7,10-11H2,1-2H3. The van der Waals surface area contributed by atoms with Crippen LogP contribution in [0.5, 0.6) is 0 Å². The molecule has 0 spiro atoms. The molecule has 1 fully saturated rings. The Hall–Kier alpha value is -1.64. The summed E-state index contributed by atoms with van der Waals surface area (Å²) < 4.78 is 43.5. The molecule has 0 aromatic carbocycles. The average molecular weight is 368 g/mol. The highest BCUT2D eigenvalue weighted by Gasteiger charge is 2.35. The molecule has 0 amide bonds. The second-order valence-corrected chi connectivity index (χ2v) is 8.17. The van der Waals surface area contributed by atoms with Gasteiger partial charge in [-0.2, -0.15) is 4.31 Å². The van der Waals surface area contributed by atoms with Gasteiger partial charge in [-0.1, -0.05) is 11.6 Å². The molecule has 0 saturated carbocycles. The molecule has 138 valence electrons. The van der Waals surface area contributed by atoms with Crippen LogP contribution in [0.2, 0.25) is 0 Å². The molecule has 0 N–H and O–H groups in total. The number of piperidine rings is 1. The number of aryl methyl sites for hydroxylation is 1. The van der Waals surface area contributed by atoms with Crippen molar-refractivity contribution in [2.75, 3.05) is 20.3 Å². The van der Waals surface area contributed by atoms with Crippen molar-refractivity contribution in [1.29, 1.82) is 0 Å². The summed E-state index contributed by atoms with van der Waals surface area (Å²) in [4.78, 5) is 0. The predicted octanol–water partition coefficient (Wildman–Crippen LogP) is 3.21. The van der Waals surface area contributed by atoms with Crippen molar-refractivity contribution in [3.63, 3.8) is 0 Å². The molecule has 1 saturated heterocycles. The van der Waals surface area contributed by atoms with Crippen molar-refractivity contribution in [3.8, 4) is 11.5 Å². The molecular weight excluding hydrogens is 344 g/mol. The van der Waals surface area contributed by atoms with E-state index in [9.17, 15) is 8.42 Å². The zero-order valence-electron chi connectivity index (χ0n) is 14.6. The summed E-state index contributed by atoms with van der Waals surface area (Å²) in [5, 5.41) is 3.76. The number of aromatic nitrogens is 1. The van der Waals surface area contributed by atoms with E-state index in [1.54, 1.807) is 30.5 Å². The maximum Gasteiger partial charge on any atom is 0.276 e. The Morgan fingerprint density at radius 1 is 1.32 bits per heavy atom. The molecule has 1 atom stereocenters. The molecule has 3 rings (SSSR count). The van der Waals surface area contributed by atoms with Crippen LogP contribution in [-0.4, -0.2) is 44.2 Å². The largest absolute Gasteiger partial charge is 0.440 e. The monoisotopic (exact) mass is 368 g/mol. The van der Waals surface area contributed by atoms with E-state index in [0.29, 0.717) is 30.4 Å². The lowest BCUT2D eigenvalue weighted by atomic mass is 10.0. The zero-order valence-corrected chi connectivity index (χ0v) is 15.4. The van der Waals surface area contributed by atoms with Gasteiger partial charge < -0.3 is 13.7 Å². The van der Waals surface area contributed by atoms with Gasteiger partial charge in [0.15, 0.2) is 5.76 Å². The van der Waals surface area contributed by atoms with Gasteiger partial charge in [-0.05, 0) is 44.7 Å². The van der Waals surface area contributed by atoms with Gasteiger partial charge in [-0.3, -0.25) is 0 Å². The second-order valence-electron chi connectivity index (χ2n) is 6.35. The fourth-order valence-electron chi connectivity index (χ4n) is 3.23. The van der Waals surface area contributed by atoms with Crippen LogP contribution < -0.4 is 0 Å². The maximum atomic E-state index is 13.0. The number of nitrogens with zero attached hydrogens (tertiary/aromatic N) is 2. The van der Waals surface area contributed by atoms with Gasteiger partial charge >= 0.3 is 0 Å². The number of methoxy groups -OCH3 is 1. The van der Waals surface area contributed by atoms with E-state index >= 15 is 0 Å². The summed E-state index contributed by atoms with van der Waals surface area (Å²) >= 11 is 0. The topological polar surface area (TPSA) is 85.8 Å². The number of hydrogen-bond acceptors (Lipinski definition) is 6. The Kier molecular flexibility index (Phi) is 5.61. The first-order valence-corrected chi connectivity index (χ1v) is 10.0. The molecule has 25 heavy (non-hydrogen) atoms. The van der Waals surface area contributed by atoms with Crippen LogP contribution in [0.15, 0.2) is 32.2 Å². The third kappa shape index (κ3) is 3.96. The number of furan rings is 1. The van der Waals surface area contributed by atoms with E-state index in [4.69, 9.17) is 13.7 Å². The quantitative estimate of drug-likeness (QED) is 0.698. The minimum Gasteiger partial charge on any atom is -0.440 e. The maximum absolute atomic E-state index is 13.0. The Morgan fingerprint density at radius 2 is 2.16 bits per heavy atom. The van der Waals surface area contributed by atoms with E-state index in [1.807, 2.05) is 0 Å². The molecule has 0 aliphatic carbocycles. The van der Waals surface area contributed by atoms with Crippen LogP contribution in [0.3, 0.4) is 0 Å². The molecule has 1 unspecified atom stereocenters. The summed E-state index contributed by atoms with van der Waals surface area (Å²) in [5.41, 5.74) is 0.713. The third-order valence-electron chi connectivity index (χ3n) is 4.47. The molecular formula is C17H24N2O5S. The first-order chi connectivity index (χ1) is 12.0. The lowest BCUT2D eigenvalue weighted by Crippen LogP contribution is -2.43. The molecule has 2 aromatic rings. The molecule has 1 aliphatic rings. The van der Waals surface area contributed by atoms with Crippen LogP contribution in [-0.2, 0) is 14.8 Å². The van der Waals surface area contributed by atoms with Crippen molar-refractivity contribution in [2.24, 2.45) is 0 Å². The van der Waals surface area contributed by atoms with Gasteiger partial charge in [0, 0.05) is 32.4 Å². The SMILES string of the molecule is COCCCC1CCCCN1S(=O)(=O)c1ccc(-c2cc(C)no2)o1. The van der Waals surface area contributed by atoms with E-state index < -0.39 is 10.0 Å². The summed E-state index contributed by atoms with van der Waals surface area (Å²) in [6, 6.07) is 4.80. The summed E-state index contributed by atoms with van der Waals surface area (Å²) in [7, 11) is -2.01. The summed E-state index contributed by atoms with van der Waals surface area (Å²) in [5.74, 6) is 0.793. The zero-order chi connectivity index (χ0) is 17.9. The number of rotatable bonds is 7. The van der Waals surface area contributed by atoms with Crippen molar-refractivity contribution < 1.29 is 22.1 Å². The normalized spacial score (nSPS) is 19.4. The molecule has 0 bridgehead atoms. The Bertz CT molecular complexity index is 796. The highest BCUT2D eigenvalue weighted by atomic mass is 32.2. The van der Waals surface area contributed by atoms with Gasteiger partial charge in [0.05, 0.1) is 5.69 Å². The van der Waals surface area contributed by atoms with Crippen molar-refractivity contribution in [3.05, 3.63) is 23.9 Å². The molecule has 7 nitrogen and oxygen atoms in total. The molecule has 2 aromatic heterocycles. The predicted molar refractivity (Wildman–Crippen MR) is 91.6 cm³/mol. The lowest BCUT2D eigenvalue weighted by molar-refractivity contribution is 0.171. The lowest BCUT2D eigenvalue weighted by Gasteiger charge is -2.34. The van der Waals surface area contributed by atoms with E-state index in [1.165, 1.54) is 6.07 Å². The van der Waals surface area contributed by atoms with Crippen LogP contribution in [0, 0.1) is 6.92 Å². The van der Waals surface area contributed by atoms with Crippen molar-refractivity contribution in [1.82, 2.24) is 9.46 Å². The minimum absolute atomic E-state index is 0.00465. The van der Waals surface area contributed by atoms with Crippen LogP contribution in [0.4, 0.5) is 0 Å². The average Bonchev–Trinajstić information content (AvgIpc) is 3.24. The number of sulfonamides is 1. The number of hydrogen-bond donors (Lipinski definition) is 0. The van der Waals surface area contributed by atoms with Gasteiger partial charge in [-0.25, -0.2) is 8.42 Å². The van der Waals surface area contributed by atoms with E-state index in [-0.39, 0.29) is 11.1 Å². The highest BCUT2D eigenvalue weighted by Crippen LogP contribution is 2.31. The van der Waals surface area contributed by atoms with Crippen LogP contribution in [0.1, 0.15) is 37.8 Å². The van der Waals surface area contributed by atoms with E-state index in [0.717, 1.165) is 32.1 Å². The van der Waals surface area contributed by atoms with Crippen molar-refractivity contribution >= 4 is 10.0 Å².